The van der Waals surface area contributed by atoms with E-state index in [1.54, 1.807) is 0 Å². The van der Waals surface area contributed by atoms with E-state index in [0.29, 0.717) is 6.42 Å². The fraction of sp³-hybridized carbons (Fsp3) is 0.886. The summed E-state index contributed by atoms with van der Waals surface area (Å²) in [6, 6.07) is 0. The van der Waals surface area contributed by atoms with Crippen LogP contribution < -0.4 is 5.73 Å². The number of hydrogen-bond acceptors (Lipinski definition) is 8. The molecule has 0 aromatic carbocycles. The molecule has 0 aliphatic rings. The normalized spacial score (nSPS) is 13.6. The van der Waals surface area contributed by atoms with Crippen molar-refractivity contribution < 1.29 is 37.6 Å². The summed E-state index contributed by atoms with van der Waals surface area (Å²) in [6.07, 6.45) is 29.7. The molecule has 0 aliphatic heterocycles. The van der Waals surface area contributed by atoms with Crippen LogP contribution in [0.1, 0.15) is 168 Å². The predicted molar refractivity (Wildman–Crippen MR) is 183 cm³/mol. The molecule has 0 fully saturated rings. The Labute approximate surface area is 275 Å². The molecule has 0 amide bonds. The Bertz CT molecular complexity index is 764. The number of esters is 2. The van der Waals surface area contributed by atoms with Gasteiger partial charge in [0.15, 0.2) is 6.10 Å². The van der Waals surface area contributed by atoms with Crippen molar-refractivity contribution in [2.45, 2.75) is 174 Å². The molecule has 3 N–H and O–H groups in total. The number of nitrogens with two attached hydrogens (primary N) is 1. The lowest BCUT2D eigenvalue weighted by molar-refractivity contribution is -0.161. The number of phosphoric ester groups is 1. The summed E-state index contributed by atoms with van der Waals surface area (Å²) < 4.78 is 32.5. The summed E-state index contributed by atoms with van der Waals surface area (Å²) in [5, 5.41) is 0. The van der Waals surface area contributed by atoms with Gasteiger partial charge in [-0.25, -0.2) is 4.57 Å². The van der Waals surface area contributed by atoms with Gasteiger partial charge in [-0.3, -0.25) is 18.6 Å². The lowest BCUT2D eigenvalue weighted by Gasteiger charge is -2.19. The van der Waals surface area contributed by atoms with E-state index < -0.39 is 26.5 Å². The Balaban J connectivity index is 4.21. The first-order chi connectivity index (χ1) is 21.8. The first kappa shape index (κ1) is 43.8. The van der Waals surface area contributed by atoms with Gasteiger partial charge < -0.3 is 20.1 Å². The van der Waals surface area contributed by atoms with E-state index in [2.05, 4.69) is 26.0 Å². The summed E-state index contributed by atoms with van der Waals surface area (Å²) in [5.41, 5.74) is 5.32. The fourth-order valence-corrected chi connectivity index (χ4v) is 5.69. The zero-order valence-electron chi connectivity index (χ0n) is 28.9. The maximum atomic E-state index is 12.5. The van der Waals surface area contributed by atoms with Gasteiger partial charge in [-0.15, -0.1) is 0 Å². The molecule has 2 unspecified atom stereocenters. The van der Waals surface area contributed by atoms with Gasteiger partial charge in [-0.05, 0) is 38.5 Å². The standard InChI is InChI=1S/C35H68NO8P/c1-3-5-7-9-11-13-14-15-16-17-18-19-20-22-24-26-28-35(38)44-33(32-43-45(39,40)42-30-29-36)31-41-34(37)27-25-23-21-12-10-8-6-4-2/h16-17,33H,3-15,18-32,36H2,1-2H3,(H,39,40)/b17-16-. The smallest absolute Gasteiger partial charge is 0.462 e. The van der Waals surface area contributed by atoms with Crippen molar-refractivity contribution in [3.8, 4) is 0 Å². The highest BCUT2D eigenvalue weighted by Crippen LogP contribution is 2.43. The van der Waals surface area contributed by atoms with Gasteiger partial charge >= 0.3 is 19.8 Å². The minimum Gasteiger partial charge on any atom is -0.462 e. The first-order valence-corrected chi connectivity index (χ1v) is 19.7. The van der Waals surface area contributed by atoms with Crippen LogP contribution in [0.5, 0.6) is 0 Å². The number of hydrogen-bond donors (Lipinski definition) is 2. The van der Waals surface area contributed by atoms with Crippen LogP contribution in [0.15, 0.2) is 12.2 Å². The SMILES string of the molecule is CCCCCCCCC/C=C\CCCCCCCC(=O)OC(COC(=O)CCCCCCCCCC)COP(=O)(O)OCCN. The summed E-state index contributed by atoms with van der Waals surface area (Å²) in [7, 11) is -4.36. The minimum absolute atomic E-state index is 0.0543. The number of unbranched alkanes of at least 4 members (excludes halogenated alkanes) is 19. The Morgan fingerprint density at radius 3 is 1.58 bits per heavy atom. The van der Waals surface area contributed by atoms with E-state index in [1.807, 2.05) is 0 Å². The molecule has 0 aromatic rings. The van der Waals surface area contributed by atoms with Crippen molar-refractivity contribution in [2.24, 2.45) is 5.73 Å². The summed E-state index contributed by atoms with van der Waals surface area (Å²) >= 11 is 0. The number of rotatable bonds is 34. The molecule has 266 valence electrons. The van der Waals surface area contributed by atoms with Crippen molar-refractivity contribution in [1.29, 1.82) is 0 Å². The highest BCUT2D eigenvalue weighted by atomic mass is 31.2. The highest BCUT2D eigenvalue weighted by Gasteiger charge is 2.25. The molecule has 2 atom stereocenters. The van der Waals surface area contributed by atoms with E-state index >= 15 is 0 Å². The molecule has 45 heavy (non-hydrogen) atoms. The van der Waals surface area contributed by atoms with Gasteiger partial charge in [0.25, 0.3) is 0 Å². The Hall–Kier alpha value is -1.25. The molecule has 0 spiro atoms. The van der Waals surface area contributed by atoms with Crippen molar-refractivity contribution in [3.63, 3.8) is 0 Å². The molecule has 10 heteroatoms. The molecular weight excluding hydrogens is 593 g/mol. The average molecular weight is 662 g/mol. The van der Waals surface area contributed by atoms with E-state index in [1.165, 1.54) is 83.5 Å². The molecule has 9 nitrogen and oxygen atoms in total. The number of ether oxygens (including phenoxy) is 2. The van der Waals surface area contributed by atoms with Gasteiger partial charge in [0.1, 0.15) is 6.61 Å². The molecule has 0 aromatic heterocycles. The van der Waals surface area contributed by atoms with Crippen LogP contribution in [0, 0.1) is 0 Å². The first-order valence-electron chi connectivity index (χ1n) is 18.2. The van der Waals surface area contributed by atoms with Gasteiger partial charge in [0.2, 0.25) is 0 Å². The Morgan fingerprint density at radius 2 is 1.09 bits per heavy atom. The maximum Gasteiger partial charge on any atom is 0.472 e. The third-order valence-electron chi connectivity index (χ3n) is 7.65. The third kappa shape index (κ3) is 32.5. The lowest BCUT2D eigenvalue weighted by atomic mass is 10.1. The van der Waals surface area contributed by atoms with E-state index in [-0.39, 0.29) is 38.6 Å². The topological polar surface area (TPSA) is 134 Å². The largest absolute Gasteiger partial charge is 0.472 e. The van der Waals surface area contributed by atoms with Crippen LogP contribution in [0.25, 0.3) is 0 Å². The van der Waals surface area contributed by atoms with Crippen LogP contribution in [0.3, 0.4) is 0 Å². The molecule has 0 saturated carbocycles. The highest BCUT2D eigenvalue weighted by molar-refractivity contribution is 7.47. The van der Waals surface area contributed by atoms with Crippen LogP contribution >= 0.6 is 7.82 Å². The number of carbonyl (C=O) groups excluding carboxylic acids is 2. The minimum atomic E-state index is -4.36. The Kier molecular flexibility index (Phi) is 31.8. The second-order valence-electron chi connectivity index (χ2n) is 12.1. The summed E-state index contributed by atoms with van der Waals surface area (Å²) in [5.74, 6) is -0.840. The van der Waals surface area contributed by atoms with Crippen LogP contribution in [-0.2, 0) is 32.7 Å². The number of allylic oxidation sites excluding steroid dienone is 2. The molecule has 0 bridgehead atoms. The van der Waals surface area contributed by atoms with Crippen LogP contribution in [0.4, 0.5) is 0 Å². The molecule has 0 aliphatic carbocycles. The van der Waals surface area contributed by atoms with Gasteiger partial charge in [-0.2, -0.15) is 0 Å². The van der Waals surface area contributed by atoms with E-state index in [9.17, 15) is 19.0 Å². The van der Waals surface area contributed by atoms with Crippen molar-refractivity contribution in [1.82, 2.24) is 0 Å². The fourth-order valence-electron chi connectivity index (χ4n) is 4.92. The lowest BCUT2D eigenvalue weighted by Crippen LogP contribution is -2.29. The summed E-state index contributed by atoms with van der Waals surface area (Å²) in [6.45, 7) is 3.68. The third-order valence-corrected chi connectivity index (χ3v) is 8.64. The zero-order chi connectivity index (χ0) is 33.3. The summed E-state index contributed by atoms with van der Waals surface area (Å²) in [4.78, 5) is 34.5. The second-order valence-corrected chi connectivity index (χ2v) is 13.5. The quantitative estimate of drug-likeness (QED) is 0.0299. The van der Waals surface area contributed by atoms with Crippen molar-refractivity contribution in [2.75, 3.05) is 26.4 Å². The second kappa shape index (κ2) is 32.7. The monoisotopic (exact) mass is 661 g/mol. The number of phosphoric acid groups is 1. The molecule has 0 radical (unpaired) electrons. The van der Waals surface area contributed by atoms with Crippen molar-refractivity contribution in [3.05, 3.63) is 12.2 Å². The van der Waals surface area contributed by atoms with Crippen LogP contribution in [0.2, 0.25) is 0 Å². The molecular formula is C35H68NO8P. The van der Waals surface area contributed by atoms with E-state index in [4.69, 9.17) is 24.3 Å². The van der Waals surface area contributed by atoms with Gasteiger partial charge in [0, 0.05) is 19.4 Å². The zero-order valence-corrected chi connectivity index (χ0v) is 29.8. The average Bonchev–Trinajstić information content (AvgIpc) is 3.02. The predicted octanol–water partition coefficient (Wildman–Crippen LogP) is 9.49. The maximum absolute atomic E-state index is 12.5. The Morgan fingerprint density at radius 1 is 0.644 bits per heavy atom. The van der Waals surface area contributed by atoms with Gasteiger partial charge in [-0.1, -0.05) is 129 Å². The number of carbonyl (C=O) groups is 2. The molecule has 0 heterocycles. The van der Waals surface area contributed by atoms with Crippen LogP contribution in [-0.4, -0.2) is 49.3 Å². The van der Waals surface area contributed by atoms with Crippen molar-refractivity contribution >= 4 is 19.8 Å². The van der Waals surface area contributed by atoms with E-state index in [0.717, 1.165) is 51.4 Å². The molecule has 0 rings (SSSR count). The molecule has 0 saturated heterocycles. The van der Waals surface area contributed by atoms with Gasteiger partial charge in [0.05, 0.1) is 13.2 Å².